The van der Waals surface area contributed by atoms with Crippen molar-refractivity contribution in [1.29, 1.82) is 0 Å². The quantitative estimate of drug-likeness (QED) is 0.316. The van der Waals surface area contributed by atoms with E-state index in [1.807, 2.05) is 57.2 Å². The highest BCUT2D eigenvalue weighted by Gasteiger charge is 2.48. The molecule has 2 atom stereocenters. The van der Waals surface area contributed by atoms with Crippen molar-refractivity contribution in [3.63, 3.8) is 0 Å². The molecule has 1 heterocycles. The molecule has 1 N–H and O–H groups in total. The van der Waals surface area contributed by atoms with Crippen LogP contribution in [0.2, 0.25) is 0 Å². The number of carboxylic acids is 1. The first-order chi connectivity index (χ1) is 16.7. The molecule has 2 unspecified atom stereocenters. The van der Waals surface area contributed by atoms with Crippen LogP contribution < -0.4 is 0 Å². The largest absolute Gasteiger partial charge is 0.480 e. The summed E-state index contributed by atoms with van der Waals surface area (Å²) in [5, 5.41) is 8.66. The zero-order valence-electron chi connectivity index (χ0n) is 20.6. The molecule has 0 amide bonds. The van der Waals surface area contributed by atoms with Crippen LogP contribution in [0.4, 0.5) is 4.39 Å². The number of pyridine rings is 1. The lowest BCUT2D eigenvalue weighted by Gasteiger charge is -2.32. The summed E-state index contributed by atoms with van der Waals surface area (Å²) in [6.07, 6.45) is 3.53. The number of hydrogen-bond acceptors (Lipinski definition) is 4. The Kier molecular flexibility index (Phi) is 8.42. The number of nitrogens with zero attached hydrogens (tertiary/aromatic N) is 1. The average Bonchev–Trinajstić information content (AvgIpc) is 2.84. The first-order valence-electron chi connectivity index (χ1n) is 11.5. The van der Waals surface area contributed by atoms with Crippen molar-refractivity contribution in [2.75, 3.05) is 7.11 Å². The second kappa shape index (κ2) is 11.1. The van der Waals surface area contributed by atoms with Gasteiger partial charge in [0.15, 0.2) is 5.16 Å². The number of aliphatic carboxylic acids is 1. The lowest BCUT2D eigenvalue weighted by atomic mass is 9.82. The fraction of sp³-hybridized carbons (Fsp3) is 0.286. The van der Waals surface area contributed by atoms with E-state index in [0.29, 0.717) is 16.7 Å². The van der Waals surface area contributed by atoms with E-state index in [0.717, 1.165) is 22.4 Å². The number of carbonyl (C=O) groups is 1. The molecule has 0 bridgehead atoms. The lowest BCUT2D eigenvalue weighted by Crippen LogP contribution is -2.36. The fourth-order valence-electron chi connectivity index (χ4n) is 4.46. The summed E-state index contributed by atoms with van der Waals surface area (Å²) in [6, 6.07) is 15.7. The van der Waals surface area contributed by atoms with E-state index in [-0.39, 0.29) is 18.2 Å². The summed E-state index contributed by atoms with van der Waals surface area (Å²) in [7, 11) is -1.78. The monoisotopic (exact) mass is 495 g/mol. The molecule has 0 radical (unpaired) electrons. The molecule has 35 heavy (non-hydrogen) atoms. The van der Waals surface area contributed by atoms with Crippen molar-refractivity contribution in [3.05, 3.63) is 83.8 Å². The Morgan fingerprint density at radius 3 is 2.29 bits per heavy atom. The van der Waals surface area contributed by atoms with Crippen molar-refractivity contribution in [2.45, 2.75) is 39.3 Å². The molecule has 3 aromatic rings. The third kappa shape index (κ3) is 5.14. The summed E-state index contributed by atoms with van der Waals surface area (Å²) >= 11 is 0. The van der Waals surface area contributed by atoms with Gasteiger partial charge in [0.05, 0.1) is 5.69 Å². The maximum atomic E-state index is 13.8. The molecular formula is C28H31FNO4P. The lowest BCUT2D eigenvalue weighted by molar-refractivity contribution is -0.138. The molecule has 0 saturated carbocycles. The van der Waals surface area contributed by atoms with Crippen molar-refractivity contribution in [3.8, 4) is 22.4 Å². The highest BCUT2D eigenvalue weighted by atomic mass is 31.1. The highest BCUT2D eigenvalue weighted by molar-refractivity contribution is 7.43. The number of halogens is 1. The summed E-state index contributed by atoms with van der Waals surface area (Å²) in [4.78, 5) is 17.5. The van der Waals surface area contributed by atoms with Crippen LogP contribution in [0, 0.1) is 18.7 Å². The normalized spacial score (nSPS) is 14.5. The predicted octanol–water partition coefficient (Wildman–Crippen LogP) is 7.26. The van der Waals surface area contributed by atoms with Crippen LogP contribution >= 0.6 is 8.03 Å². The Bertz CT molecular complexity index is 1260. The molecule has 0 aliphatic heterocycles. The average molecular weight is 496 g/mol. The Morgan fingerprint density at radius 1 is 1.14 bits per heavy atom. The third-order valence-electron chi connectivity index (χ3n) is 6.18. The maximum Gasteiger partial charge on any atom is 0.323 e. The van der Waals surface area contributed by atoms with Gasteiger partial charge in [0.2, 0.25) is 8.03 Å². The van der Waals surface area contributed by atoms with E-state index >= 15 is 0 Å². The summed E-state index contributed by atoms with van der Waals surface area (Å²) in [5.41, 5.74) is 4.80. The van der Waals surface area contributed by atoms with Gasteiger partial charge in [-0.3, -0.25) is 14.3 Å². The van der Waals surface area contributed by atoms with Gasteiger partial charge in [-0.1, -0.05) is 69.3 Å². The highest BCUT2D eigenvalue weighted by Crippen LogP contribution is 2.53. The smallest absolute Gasteiger partial charge is 0.323 e. The first kappa shape index (κ1) is 26.5. The van der Waals surface area contributed by atoms with Crippen LogP contribution in [0.15, 0.2) is 66.9 Å². The number of aromatic nitrogens is 1. The van der Waals surface area contributed by atoms with E-state index in [9.17, 15) is 18.9 Å². The van der Waals surface area contributed by atoms with Crippen LogP contribution in [-0.2, 0) is 13.9 Å². The Morgan fingerprint density at radius 2 is 1.77 bits per heavy atom. The molecule has 7 heteroatoms. The molecule has 184 valence electrons. The fourth-order valence-corrected chi connectivity index (χ4v) is 5.71. The van der Waals surface area contributed by atoms with Crippen molar-refractivity contribution in [2.24, 2.45) is 5.92 Å². The summed E-state index contributed by atoms with van der Waals surface area (Å²) in [5.74, 6) is -1.63. The molecule has 0 saturated heterocycles. The van der Waals surface area contributed by atoms with Crippen LogP contribution in [0.1, 0.15) is 38.3 Å². The van der Waals surface area contributed by atoms with E-state index in [1.54, 1.807) is 25.3 Å². The minimum atomic E-state index is -3.05. The van der Waals surface area contributed by atoms with E-state index in [4.69, 9.17) is 9.51 Å². The van der Waals surface area contributed by atoms with Crippen LogP contribution in [-0.4, -0.2) is 28.3 Å². The van der Waals surface area contributed by atoms with Gasteiger partial charge in [-0.05, 0) is 53.7 Å². The topological polar surface area (TPSA) is 76.5 Å². The second-order valence-corrected chi connectivity index (χ2v) is 10.6. The van der Waals surface area contributed by atoms with Gasteiger partial charge in [-0.15, -0.1) is 0 Å². The van der Waals surface area contributed by atoms with Crippen molar-refractivity contribution in [1.82, 2.24) is 4.98 Å². The van der Waals surface area contributed by atoms with Gasteiger partial charge in [-0.2, -0.15) is 0 Å². The minimum absolute atomic E-state index is 0.0443. The number of carboxylic acid groups (broad SMARTS) is 1. The maximum absolute atomic E-state index is 13.8. The second-order valence-electron chi connectivity index (χ2n) is 8.77. The SMILES string of the molecule is CCC(C(=O)O)(C(=CC(C)C)c1cnc(-c2ccccc2)c(C)c1-c1ccc(F)cc1)[PH](=O)OC. The van der Waals surface area contributed by atoms with Gasteiger partial charge in [-0.25, -0.2) is 4.39 Å². The number of rotatable bonds is 9. The molecule has 0 spiro atoms. The zero-order valence-corrected chi connectivity index (χ0v) is 21.6. The van der Waals surface area contributed by atoms with Gasteiger partial charge >= 0.3 is 5.97 Å². The number of benzene rings is 2. The molecular weight excluding hydrogens is 464 g/mol. The molecule has 2 aromatic carbocycles. The van der Waals surface area contributed by atoms with E-state index < -0.39 is 19.2 Å². The molecule has 0 aliphatic rings. The standard InChI is InChI=1S/C28H31FNO4P/c1-6-28(27(31)32,35(33)34-5)24(16-18(2)3)23-17-30-26(21-10-8-7-9-11-21)19(4)25(23)20-12-14-22(29)15-13-20/h7-18,35H,6H2,1-5H3,(H,31,32). The molecule has 1 aromatic heterocycles. The summed E-state index contributed by atoms with van der Waals surface area (Å²) in [6.45, 7) is 7.48. The van der Waals surface area contributed by atoms with Crippen LogP contribution in [0.25, 0.3) is 28.0 Å². The van der Waals surface area contributed by atoms with Crippen molar-refractivity contribution >= 4 is 19.6 Å². The molecule has 5 nitrogen and oxygen atoms in total. The van der Waals surface area contributed by atoms with Gasteiger partial charge in [0.1, 0.15) is 5.82 Å². The molecule has 0 aliphatic carbocycles. The van der Waals surface area contributed by atoms with Gasteiger partial charge < -0.3 is 9.63 Å². The molecule has 3 rings (SSSR count). The Labute approximate surface area is 206 Å². The predicted molar refractivity (Wildman–Crippen MR) is 139 cm³/mol. The Hall–Kier alpha value is -3.08. The Balaban J connectivity index is 2.46. The minimum Gasteiger partial charge on any atom is -0.480 e. The van der Waals surface area contributed by atoms with Gasteiger partial charge in [0, 0.05) is 24.4 Å². The number of allylic oxidation sites excluding steroid dienone is 1. The van der Waals surface area contributed by atoms with E-state index in [1.165, 1.54) is 19.2 Å². The molecule has 0 fully saturated rings. The van der Waals surface area contributed by atoms with Crippen LogP contribution in [0.3, 0.4) is 0 Å². The number of hydrogen-bond donors (Lipinski definition) is 1. The summed E-state index contributed by atoms with van der Waals surface area (Å²) < 4.78 is 32.3. The van der Waals surface area contributed by atoms with Crippen LogP contribution in [0.5, 0.6) is 0 Å². The van der Waals surface area contributed by atoms with Crippen molar-refractivity contribution < 1.29 is 23.4 Å². The zero-order chi connectivity index (χ0) is 25.8. The first-order valence-corrected chi connectivity index (χ1v) is 12.8. The van der Waals surface area contributed by atoms with E-state index in [2.05, 4.69) is 0 Å². The third-order valence-corrected chi connectivity index (χ3v) is 8.09. The van der Waals surface area contributed by atoms with Gasteiger partial charge in [0.25, 0.3) is 0 Å².